The van der Waals surface area contributed by atoms with Crippen molar-refractivity contribution in [3.05, 3.63) is 27.7 Å². The summed E-state index contributed by atoms with van der Waals surface area (Å²) in [5.41, 5.74) is 0.839. The monoisotopic (exact) mass is 521 g/mol. The zero-order valence-corrected chi connectivity index (χ0v) is 22.0. The molecule has 2 aromatic heterocycles. The molecule has 9 nitrogen and oxygen atoms in total. The molecule has 11 heteroatoms. The number of thiophene rings is 1. The van der Waals surface area contributed by atoms with Gasteiger partial charge in [0, 0.05) is 24.1 Å². The van der Waals surface area contributed by atoms with Gasteiger partial charge in [0.05, 0.1) is 40.9 Å². The summed E-state index contributed by atoms with van der Waals surface area (Å²) >= 11 is 7.86. The number of amides is 2. The number of carbonyl (C=O) groups excluding carboxylic acids is 2. The average Bonchev–Trinajstić information content (AvgIpc) is 3.37. The number of halogens is 1. The Morgan fingerprint density at radius 1 is 1.37 bits per heavy atom. The molecule has 3 N–H and O–H groups in total. The van der Waals surface area contributed by atoms with Crippen LogP contribution in [-0.2, 0) is 16.1 Å². The van der Waals surface area contributed by atoms with Gasteiger partial charge in [0.15, 0.2) is 0 Å². The first-order valence-electron chi connectivity index (χ1n) is 11.8. The molecule has 4 rings (SSSR count). The topological polar surface area (TPSA) is 117 Å². The summed E-state index contributed by atoms with van der Waals surface area (Å²) in [6, 6.07) is 0.975. The number of carbonyl (C=O) groups is 2. The largest absolute Gasteiger partial charge is 0.394 e. The van der Waals surface area contributed by atoms with Gasteiger partial charge in [-0.05, 0) is 31.2 Å². The molecule has 35 heavy (non-hydrogen) atoms. The number of rotatable bonds is 7. The maximum Gasteiger partial charge on any atom is 0.256 e. The lowest BCUT2D eigenvalue weighted by atomic mass is 9.87. The summed E-state index contributed by atoms with van der Waals surface area (Å²) in [6.07, 6.45) is 3.35. The highest BCUT2D eigenvalue weighted by atomic mass is 35.5. The summed E-state index contributed by atoms with van der Waals surface area (Å²) < 4.78 is 5.40. The molecule has 190 valence electrons. The Morgan fingerprint density at radius 2 is 2.09 bits per heavy atom. The number of anilines is 1. The second-order valence-electron chi connectivity index (χ2n) is 10.1. The van der Waals surface area contributed by atoms with Crippen LogP contribution in [0.2, 0.25) is 5.02 Å². The van der Waals surface area contributed by atoms with Crippen molar-refractivity contribution in [2.45, 2.75) is 65.2 Å². The van der Waals surface area contributed by atoms with Crippen molar-refractivity contribution in [2.24, 2.45) is 5.41 Å². The van der Waals surface area contributed by atoms with E-state index in [2.05, 4.69) is 20.6 Å². The van der Waals surface area contributed by atoms with Gasteiger partial charge < -0.3 is 25.4 Å². The van der Waals surface area contributed by atoms with Gasteiger partial charge in [0.1, 0.15) is 11.7 Å². The molecule has 2 amide bonds. The molecule has 0 unspecified atom stereocenters. The predicted molar refractivity (Wildman–Crippen MR) is 136 cm³/mol. The van der Waals surface area contributed by atoms with Crippen molar-refractivity contribution < 1.29 is 19.4 Å². The lowest BCUT2D eigenvalue weighted by Gasteiger charge is -2.32. The van der Waals surface area contributed by atoms with E-state index >= 15 is 0 Å². The molecule has 2 aliphatic heterocycles. The van der Waals surface area contributed by atoms with Gasteiger partial charge in [0.2, 0.25) is 11.9 Å². The van der Waals surface area contributed by atoms with Gasteiger partial charge >= 0.3 is 0 Å². The highest BCUT2D eigenvalue weighted by molar-refractivity contribution is 7.16. The Bertz CT molecular complexity index is 1100. The molecule has 0 aliphatic carbocycles. The third-order valence-electron chi connectivity index (χ3n) is 6.54. The number of aliphatic hydroxyl groups is 1. The van der Waals surface area contributed by atoms with Gasteiger partial charge in [-0.25, -0.2) is 9.97 Å². The zero-order chi connectivity index (χ0) is 25.3. The number of nitrogens with zero attached hydrogens (tertiary/aromatic N) is 3. The SMILES string of the molecule is C[C@H](C(=O)N[C@H](CO)C(C)(C)C)N1Cc2sc(-c3nc(NC4CCOCC4)ncc3Cl)cc2C1=O. The lowest BCUT2D eigenvalue weighted by Crippen LogP contribution is -2.53. The van der Waals surface area contributed by atoms with E-state index in [1.807, 2.05) is 20.8 Å². The summed E-state index contributed by atoms with van der Waals surface area (Å²) in [5.74, 6) is 0.0120. The Morgan fingerprint density at radius 3 is 2.71 bits per heavy atom. The van der Waals surface area contributed by atoms with Crippen LogP contribution in [0.3, 0.4) is 0 Å². The van der Waals surface area contributed by atoms with Crippen LogP contribution in [0.5, 0.6) is 0 Å². The second-order valence-corrected chi connectivity index (χ2v) is 11.6. The van der Waals surface area contributed by atoms with Crippen molar-refractivity contribution in [1.82, 2.24) is 20.2 Å². The smallest absolute Gasteiger partial charge is 0.256 e. The number of nitrogens with one attached hydrogen (secondary N) is 2. The van der Waals surface area contributed by atoms with Crippen molar-refractivity contribution in [1.29, 1.82) is 0 Å². The highest BCUT2D eigenvalue weighted by Gasteiger charge is 2.37. The van der Waals surface area contributed by atoms with Crippen LogP contribution in [0, 0.1) is 5.41 Å². The quantitative estimate of drug-likeness (QED) is 0.511. The third-order valence-corrected chi connectivity index (χ3v) is 7.94. The highest BCUT2D eigenvalue weighted by Crippen LogP contribution is 2.39. The van der Waals surface area contributed by atoms with Crippen molar-refractivity contribution in [3.8, 4) is 10.6 Å². The number of aliphatic hydroxyl groups excluding tert-OH is 1. The van der Waals surface area contributed by atoms with E-state index in [1.54, 1.807) is 24.1 Å². The summed E-state index contributed by atoms with van der Waals surface area (Å²) in [5, 5.41) is 16.3. The molecule has 2 aromatic rings. The molecule has 0 aromatic carbocycles. The average molecular weight is 522 g/mol. The van der Waals surface area contributed by atoms with Crippen LogP contribution < -0.4 is 10.6 Å². The molecule has 4 heterocycles. The molecule has 0 radical (unpaired) electrons. The Hall–Kier alpha value is -2.27. The number of fused-ring (bicyclic) bond motifs is 1. The van der Waals surface area contributed by atoms with Crippen LogP contribution >= 0.6 is 22.9 Å². The Balaban J connectivity index is 1.47. The minimum absolute atomic E-state index is 0.169. The molecule has 0 spiro atoms. The maximum absolute atomic E-state index is 13.2. The van der Waals surface area contributed by atoms with Crippen LogP contribution in [0.1, 0.15) is 55.8 Å². The van der Waals surface area contributed by atoms with E-state index in [1.165, 1.54) is 11.3 Å². The number of aromatic nitrogens is 2. The molecule has 2 atom stereocenters. The first-order chi connectivity index (χ1) is 16.6. The fraction of sp³-hybridized carbons (Fsp3) is 0.583. The first-order valence-corrected chi connectivity index (χ1v) is 13.0. The van der Waals surface area contributed by atoms with Crippen LogP contribution in [-0.4, -0.2) is 69.7 Å². The first kappa shape index (κ1) is 25.8. The van der Waals surface area contributed by atoms with Crippen LogP contribution in [0.4, 0.5) is 5.95 Å². The molecule has 2 aliphatic rings. The van der Waals surface area contributed by atoms with Gasteiger partial charge in [-0.1, -0.05) is 32.4 Å². The maximum atomic E-state index is 13.2. The van der Waals surface area contributed by atoms with E-state index in [-0.39, 0.29) is 29.9 Å². The van der Waals surface area contributed by atoms with Gasteiger partial charge in [-0.15, -0.1) is 11.3 Å². The minimum Gasteiger partial charge on any atom is -0.394 e. The number of hydrogen-bond acceptors (Lipinski definition) is 8. The van der Waals surface area contributed by atoms with E-state index in [4.69, 9.17) is 16.3 Å². The summed E-state index contributed by atoms with van der Waals surface area (Å²) in [7, 11) is 0. The summed E-state index contributed by atoms with van der Waals surface area (Å²) in [6.45, 7) is 9.13. The standard InChI is InChI=1S/C24H32ClN5O4S/c1-13(21(32)28-19(12-31)24(2,3)4)30-11-18-15(22(30)33)9-17(35-18)20-16(25)10-26-23(29-20)27-14-5-7-34-8-6-14/h9-10,13-14,19,31H,5-8,11-12H2,1-4H3,(H,28,32)(H,26,27,29)/t13-,19-/m1/s1. The molecule has 1 fully saturated rings. The number of hydrogen-bond donors (Lipinski definition) is 3. The fourth-order valence-electron chi connectivity index (χ4n) is 4.14. The minimum atomic E-state index is -0.667. The van der Waals surface area contributed by atoms with Gasteiger partial charge in [0.25, 0.3) is 5.91 Å². The van der Waals surface area contributed by atoms with Crippen molar-refractivity contribution >= 4 is 40.7 Å². The van der Waals surface area contributed by atoms with E-state index < -0.39 is 12.1 Å². The zero-order valence-electron chi connectivity index (χ0n) is 20.4. The molecular formula is C24H32ClN5O4S. The predicted octanol–water partition coefficient (Wildman–Crippen LogP) is 3.32. The van der Waals surface area contributed by atoms with Crippen molar-refractivity contribution in [3.63, 3.8) is 0 Å². The fourth-order valence-corrected chi connectivity index (χ4v) is 5.55. The van der Waals surface area contributed by atoms with Gasteiger partial charge in [-0.2, -0.15) is 0 Å². The molecular weight excluding hydrogens is 490 g/mol. The van der Waals surface area contributed by atoms with E-state index in [0.717, 1.165) is 22.6 Å². The molecule has 0 bridgehead atoms. The molecule has 0 saturated carbocycles. The Labute approximate surface area is 214 Å². The van der Waals surface area contributed by atoms with Crippen LogP contribution in [0.15, 0.2) is 12.3 Å². The molecule has 1 saturated heterocycles. The van der Waals surface area contributed by atoms with Crippen molar-refractivity contribution in [2.75, 3.05) is 25.1 Å². The Kier molecular flexibility index (Phi) is 7.65. The lowest BCUT2D eigenvalue weighted by molar-refractivity contribution is -0.127. The third kappa shape index (κ3) is 5.61. The van der Waals surface area contributed by atoms with E-state index in [0.29, 0.717) is 42.0 Å². The summed E-state index contributed by atoms with van der Waals surface area (Å²) in [4.78, 5) is 38.1. The number of ether oxygens (including phenoxy) is 1. The second kappa shape index (κ2) is 10.4. The van der Waals surface area contributed by atoms with Gasteiger partial charge in [-0.3, -0.25) is 9.59 Å². The normalized spacial score (nSPS) is 18.3. The van der Waals surface area contributed by atoms with E-state index in [9.17, 15) is 14.7 Å². The van der Waals surface area contributed by atoms with Crippen LogP contribution in [0.25, 0.3) is 10.6 Å².